The maximum Gasteiger partial charge on any atom is 0.359 e. The first kappa shape index (κ1) is 23.3. The van der Waals surface area contributed by atoms with E-state index in [0.717, 1.165) is 29.4 Å². The van der Waals surface area contributed by atoms with Crippen LogP contribution < -0.4 is 0 Å². The summed E-state index contributed by atoms with van der Waals surface area (Å²) in [7, 11) is 0. The molecule has 4 nitrogen and oxygen atoms in total. The van der Waals surface area contributed by atoms with Gasteiger partial charge in [0, 0.05) is 11.6 Å². The van der Waals surface area contributed by atoms with Gasteiger partial charge in [0.2, 0.25) is 0 Å². The maximum absolute atomic E-state index is 13.3. The van der Waals surface area contributed by atoms with E-state index in [4.69, 9.17) is 9.72 Å². The van der Waals surface area contributed by atoms with Crippen LogP contribution in [0.2, 0.25) is 0 Å². The molecule has 5 aliphatic rings. The maximum atomic E-state index is 13.3. The highest BCUT2D eigenvalue weighted by molar-refractivity contribution is 5.88. The van der Waals surface area contributed by atoms with Crippen LogP contribution in [0.15, 0.2) is 30.3 Å². The van der Waals surface area contributed by atoms with Crippen molar-refractivity contribution in [2.45, 2.75) is 110 Å². The molecule has 2 aromatic rings. The Labute approximate surface area is 210 Å². The molecule has 2 unspecified atom stereocenters. The zero-order chi connectivity index (χ0) is 24.1. The van der Waals surface area contributed by atoms with E-state index in [0.29, 0.717) is 34.5 Å². The first-order valence-electron chi connectivity index (χ1n) is 14.1. The van der Waals surface area contributed by atoms with Crippen molar-refractivity contribution in [1.82, 2.24) is 9.97 Å². The van der Waals surface area contributed by atoms with Crippen LogP contribution >= 0.6 is 0 Å². The van der Waals surface area contributed by atoms with Crippen LogP contribution in [0.1, 0.15) is 124 Å². The molecule has 7 rings (SSSR count). The lowest BCUT2D eigenvalue weighted by atomic mass is 9.40. The summed E-state index contributed by atoms with van der Waals surface area (Å²) in [5.74, 6) is 2.11. The van der Waals surface area contributed by atoms with Crippen LogP contribution in [-0.2, 0) is 17.8 Å². The summed E-state index contributed by atoms with van der Waals surface area (Å²) in [5.41, 5.74) is 4.06. The van der Waals surface area contributed by atoms with Gasteiger partial charge in [0.1, 0.15) is 12.4 Å². The Hall–Kier alpha value is -2.10. The van der Waals surface area contributed by atoms with Crippen molar-refractivity contribution in [1.29, 1.82) is 0 Å². The summed E-state index contributed by atoms with van der Waals surface area (Å²) in [6, 6.07) is 9.95. The van der Waals surface area contributed by atoms with Crippen LogP contribution in [0, 0.1) is 22.2 Å². The third-order valence-corrected chi connectivity index (χ3v) is 9.84. The molecule has 1 aromatic heterocycles. The van der Waals surface area contributed by atoms with Gasteiger partial charge in [-0.1, -0.05) is 63.4 Å². The number of carbonyl (C=O) groups excluding carboxylic acids is 1. The average Bonchev–Trinajstić information content (AvgIpc) is 3.25. The van der Waals surface area contributed by atoms with E-state index in [-0.39, 0.29) is 5.97 Å². The Morgan fingerprint density at radius 1 is 1.00 bits per heavy atom. The number of esters is 1. The Morgan fingerprint density at radius 3 is 2.40 bits per heavy atom. The highest BCUT2D eigenvalue weighted by atomic mass is 16.5. The molecule has 1 heterocycles. The summed E-state index contributed by atoms with van der Waals surface area (Å²) in [4.78, 5) is 21.8. The first-order valence-corrected chi connectivity index (χ1v) is 14.1. The van der Waals surface area contributed by atoms with Gasteiger partial charge < -0.3 is 9.72 Å². The zero-order valence-corrected chi connectivity index (χ0v) is 21.7. The molecule has 35 heavy (non-hydrogen) atoms. The Bertz CT molecular complexity index is 1050. The predicted octanol–water partition coefficient (Wildman–Crippen LogP) is 7.74. The largest absolute Gasteiger partial charge is 0.456 e. The monoisotopic (exact) mass is 474 g/mol. The second kappa shape index (κ2) is 8.78. The second-order valence-corrected chi connectivity index (χ2v) is 13.5. The van der Waals surface area contributed by atoms with Gasteiger partial charge >= 0.3 is 5.97 Å². The van der Waals surface area contributed by atoms with Crippen LogP contribution in [-0.4, -0.2) is 15.9 Å². The lowest BCUT2D eigenvalue weighted by Gasteiger charge is -2.65. The lowest BCUT2D eigenvalue weighted by molar-refractivity contribution is -0.147. The molecular formula is C31H42N2O2. The summed E-state index contributed by atoms with van der Waals surface area (Å²) in [6.07, 6.45) is 16.6. The fourth-order valence-electron chi connectivity index (χ4n) is 9.49. The minimum atomic E-state index is -0.272. The molecule has 5 fully saturated rings. The normalized spacial score (nSPS) is 34.3. The summed E-state index contributed by atoms with van der Waals surface area (Å²) in [5, 5.41) is 0. The Morgan fingerprint density at radius 2 is 1.71 bits per heavy atom. The van der Waals surface area contributed by atoms with Crippen molar-refractivity contribution < 1.29 is 9.53 Å². The van der Waals surface area contributed by atoms with Gasteiger partial charge in [-0.2, -0.15) is 0 Å². The molecule has 0 saturated heterocycles. The summed E-state index contributed by atoms with van der Waals surface area (Å²) in [6.45, 7) is 5.40. The average molecular weight is 475 g/mol. The van der Waals surface area contributed by atoms with Gasteiger partial charge in [0.05, 0.1) is 0 Å². The van der Waals surface area contributed by atoms with Crippen LogP contribution in [0.25, 0.3) is 0 Å². The van der Waals surface area contributed by atoms with Gasteiger partial charge in [-0.15, -0.1) is 0 Å². The van der Waals surface area contributed by atoms with E-state index >= 15 is 0 Å². The van der Waals surface area contributed by atoms with Crippen LogP contribution in [0.5, 0.6) is 0 Å². The first-order chi connectivity index (χ1) is 16.8. The van der Waals surface area contributed by atoms with E-state index in [9.17, 15) is 4.79 Å². The third kappa shape index (κ3) is 4.70. The van der Waals surface area contributed by atoms with Crippen molar-refractivity contribution in [3.05, 3.63) is 53.1 Å². The molecule has 0 spiro atoms. The lowest BCUT2D eigenvalue weighted by Crippen LogP contribution is -2.55. The second-order valence-electron chi connectivity index (χ2n) is 13.5. The van der Waals surface area contributed by atoms with Gasteiger partial charge in [-0.3, -0.25) is 0 Å². The van der Waals surface area contributed by atoms with E-state index in [1.54, 1.807) is 0 Å². The number of benzene rings is 1. The third-order valence-electron chi connectivity index (χ3n) is 9.84. The molecule has 5 aliphatic carbocycles. The molecule has 4 bridgehead atoms. The number of hydrogen-bond donors (Lipinski definition) is 1. The van der Waals surface area contributed by atoms with Gasteiger partial charge in [0.25, 0.3) is 0 Å². The number of rotatable bonds is 7. The fraction of sp³-hybridized carbons (Fsp3) is 0.677. The van der Waals surface area contributed by atoms with E-state index in [1.807, 2.05) is 30.3 Å². The Kier molecular flexibility index (Phi) is 5.85. The fourth-order valence-corrected chi connectivity index (χ4v) is 9.49. The molecule has 1 N–H and O–H groups in total. The molecule has 188 valence electrons. The topological polar surface area (TPSA) is 55.0 Å². The zero-order valence-electron chi connectivity index (χ0n) is 21.7. The van der Waals surface area contributed by atoms with E-state index in [2.05, 4.69) is 18.8 Å². The van der Waals surface area contributed by atoms with Gasteiger partial charge in [-0.05, 0) is 91.9 Å². The molecule has 1 aromatic carbocycles. The van der Waals surface area contributed by atoms with E-state index < -0.39 is 0 Å². The van der Waals surface area contributed by atoms with Gasteiger partial charge in [0.15, 0.2) is 5.69 Å². The number of imidazole rings is 1. The standard InChI is InChI=1S/C31H42N2O2/c1-29-15-23-16-30(2,19-29)21-31(17-23,20-29)14-13-25-26(28(34)35-18-22-9-5-3-6-10-22)33-27(32-25)24-11-7-4-8-12-24/h3,5-6,9-10,23-24H,4,7-8,11-21H2,1-2H3,(H,32,33). The number of hydrogen-bond acceptors (Lipinski definition) is 3. The van der Waals surface area contributed by atoms with Gasteiger partial charge in [-0.25, -0.2) is 9.78 Å². The number of aryl methyl sites for hydroxylation is 1. The van der Waals surface area contributed by atoms with Crippen molar-refractivity contribution in [3.8, 4) is 0 Å². The van der Waals surface area contributed by atoms with Crippen molar-refractivity contribution >= 4 is 5.97 Å². The smallest absolute Gasteiger partial charge is 0.359 e. The minimum Gasteiger partial charge on any atom is -0.456 e. The molecule has 5 saturated carbocycles. The SMILES string of the molecule is CC12CC3CC(C)(C1)CC(CCc1[nH]c(C4CCCCC4)nc1C(=O)OCc1ccccc1)(C3)C2. The molecule has 2 atom stereocenters. The molecular weight excluding hydrogens is 432 g/mol. The number of aromatic nitrogens is 2. The summed E-state index contributed by atoms with van der Waals surface area (Å²) < 4.78 is 5.76. The Balaban J connectivity index is 1.22. The number of carbonyl (C=O) groups is 1. The molecule has 0 amide bonds. The van der Waals surface area contributed by atoms with Crippen molar-refractivity contribution in [2.75, 3.05) is 0 Å². The summed E-state index contributed by atoms with van der Waals surface area (Å²) >= 11 is 0. The van der Waals surface area contributed by atoms with E-state index in [1.165, 1.54) is 77.0 Å². The number of H-pyrrole nitrogens is 1. The number of nitrogens with one attached hydrogen (secondary N) is 1. The highest BCUT2D eigenvalue weighted by Gasteiger charge is 2.59. The molecule has 4 heteroatoms. The highest BCUT2D eigenvalue weighted by Crippen LogP contribution is 2.70. The van der Waals surface area contributed by atoms with Crippen molar-refractivity contribution in [2.24, 2.45) is 22.2 Å². The molecule has 0 aliphatic heterocycles. The number of ether oxygens (including phenoxy) is 1. The quantitative estimate of drug-likeness (QED) is 0.417. The van der Waals surface area contributed by atoms with Crippen molar-refractivity contribution in [3.63, 3.8) is 0 Å². The predicted molar refractivity (Wildman–Crippen MR) is 138 cm³/mol. The van der Waals surface area contributed by atoms with Crippen LogP contribution in [0.3, 0.4) is 0 Å². The van der Waals surface area contributed by atoms with Crippen LogP contribution in [0.4, 0.5) is 0 Å². The number of nitrogens with zero attached hydrogens (tertiary/aromatic N) is 1. The molecule has 0 radical (unpaired) electrons. The number of aromatic amines is 1. The minimum absolute atomic E-state index is 0.272.